The molecule has 1 saturated heterocycles. The highest BCUT2D eigenvalue weighted by molar-refractivity contribution is 7.14. The number of ether oxygens (including phenoxy) is 1. The van der Waals surface area contributed by atoms with Gasteiger partial charge in [0.05, 0.1) is 16.7 Å². The van der Waals surface area contributed by atoms with Gasteiger partial charge in [-0.25, -0.2) is 0 Å². The average molecular weight is 317 g/mol. The largest absolute Gasteiger partial charge is 0.382 e. The topological polar surface area (TPSA) is 63.2 Å². The van der Waals surface area contributed by atoms with E-state index >= 15 is 0 Å². The van der Waals surface area contributed by atoms with E-state index in [4.69, 9.17) is 4.74 Å². The minimum absolute atomic E-state index is 0.0257. The van der Waals surface area contributed by atoms with Crippen LogP contribution >= 0.6 is 11.3 Å². The molecule has 1 aliphatic rings. The molecule has 0 radical (unpaired) electrons. The van der Waals surface area contributed by atoms with E-state index in [0.29, 0.717) is 13.1 Å². The van der Waals surface area contributed by atoms with E-state index in [1.54, 1.807) is 12.4 Å². The predicted molar refractivity (Wildman–Crippen MR) is 87.3 cm³/mol. The molecule has 2 aromatic rings. The van der Waals surface area contributed by atoms with Crippen molar-refractivity contribution in [2.75, 3.05) is 25.0 Å². The molecule has 0 aliphatic carbocycles. The van der Waals surface area contributed by atoms with Crippen molar-refractivity contribution in [3.05, 3.63) is 46.4 Å². The molecule has 0 spiro atoms. The van der Waals surface area contributed by atoms with Gasteiger partial charge in [-0.05, 0) is 37.1 Å². The van der Waals surface area contributed by atoms with E-state index in [2.05, 4.69) is 15.6 Å². The van der Waals surface area contributed by atoms with Gasteiger partial charge in [0, 0.05) is 37.0 Å². The van der Waals surface area contributed by atoms with Crippen molar-refractivity contribution in [1.82, 2.24) is 10.3 Å². The Balaban J connectivity index is 1.44. The third-order valence-corrected chi connectivity index (χ3v) is 4.67. The fourth-order valence-electron chi connectivity index (χ4n) is 2.39. The number of hydrogen-bond donors (Lipinski definition) is 2. The first-order valence-electron chi connectivity index (χ1n) is 7.46. The summed E-state index contributed by atoms with van der Waals surface area (Å²) in [6.07, 6.45) is 5.82. The van der Waals surface area contributed by atoms with Gasteiger partial charge in [0.2, 0.25) is 0 Å². The van der Waals surface area contributed by atoms with Gasteiger partial charge in [0.1, 0.15) is 0 Å². The molecule has 1 amide bonds. The lowest BCUT2D eigenvalue weighted by molar-refractivity contribution is 0.0959. The van der Waals surface area contributed by atoms with Crippen LogP contribution in [0.4, 0.5) is 5.69 Å². The zero-order valence-corrected chi connectivity index (χ0v) is 13.1. The SMILES string of the molecule is O=C(NCCNc1cccnc1)c1ccc([C@@H]2CCCO2)s1. The number of rotatable bonds is 6. The average Bonchev–Trinajstić information content (AvgIpc) is 3.22. The number of carbonyl (C=O) groups is 1. The standard InChI is InChI=1S/C16H19N3O2S/c20-16(19-9-8-18-12-3-1-7-17-11-12)15-6-5-14(22-15)13-4-2-10-21-13/h1,3,5-7,11,13,18H,2,4,8-10H2,(H,19,20)/t13-/m0/s1. The van der Waals surface area contributed by atoms with Crippen LogP contribution in [0, 0.1) is 0 Å². The first kappa shape index (κ1) is 15.0. The lowest BCUT2D eigenvalue weighted by Crippen LogP contribution is -2.28. The summed E-state index contributed by atoms with van der Waals surface area (Å²) >= 11 is 1.53. The van der Waals surface area contributed by atoms with E-state index < -0.39 is 0 Å². The van der Waals surface area contributed by atoms with Crippen molar-refractivity contribution in [3.8, 4) is 0 Å². The van der Waals surface area contributed by atoms with Gasteiger partial charge in [-0.3, -0.25) is 9.78 Å². The molecule has 0 bridgehead atoms. The molecule has 1 aliphatic heterocycles. The monoisotopic (exact) mass is 317 g/mol. The number of pyridine rings is 1. The summed E-state index contributed by atoms with van der Waals surface area (Å²) < 4.78 is 5.64. The van der Waals surface area contributed by atoms with Crippen LogP contribution in [0.15, 0.2) is 36.7 Å². The number of aromatic nitrogens is 1. The minimum atomic E-state index is -0.0257. The second-order valence-corrected chi connectivity index (χ2v) is 6.24. The predicted octanol–water partition coefficient (Wildman–Crippen LogP) is 2.84. The Hall–Kier alpha value is -1.92. The van der Waals surface area contributed by atoms with Crippen molar-refractivity contribution < 1.29 is 9.53 Å². The van der Waals surface area contributed by atoms with Crippen LogP contribution in [0.1, 0.15) is 33.5 Å². The molecule has 2 N–H and O–H groups in total. The molecular formula is C16H19N3O2S. The molecule has 2 aromatic heterocycles. The van der Waals surface area contributed by atoms with Crippen molar-refractivity contribution in [3.63, 3.8) is 0 Å². The maximum atomic E-state index is 12.1. The summed E-state index contributed by atoms with van der Waals surface area (Å²) in [6, 6.07) is 7.70. The van der Waals surface area contributed by atoms with Crippen molar-refractivity contribution >= 4 is 22.9 Å². The number of carbonyl (C=O) groups excluding carboxylic acids is 1. The first-order chi connectivity index (χ1) is 10.8. The van der Waals surface area contributed by atoms with Crippen LogP contribution in [0.5, 0.6) is 0 Å². The second-order valence-electron chi connectivity index (χ2n) is 5.13. The molecule has 1 fully saturated rings. The van der Waals surface area contributed by atoms with Gasteiger partial charge in [-0.15, -0.1) is 11.3 Å². The van der Waals surface area contributed by atoms with E-state index in [1.165, 1.54) is 11.3 Å². The molecule has 3 heterocycles. The number of amides is 1. The molecule has 3 rings (SSSR count). The van der Waals surface area contributed by atoms with Crippen LogP contribution in [-0.4, -0.2) is 30.6 Å². The van der Waals surface area contributed by atoms with E-state index in [-0.39, 0.29) is 12.0 Å². The number of nitrogens with one attached hydrogen (secondary N) is 2. The number of hydrogen-bond acceptors (Lipinski definition) is 5. The summed E-state index contributed by atoms with van der Waals surface area (Å²) in [4.78, 5) is 18.0. The van der Waals surface area contributed by atoms with Crippen LogP contribution in [0.25, 0.3) is 0 Å². The highest BCUT2D eigenvalue weighted by atomic mass is 32.1. The van der Waals surface area contributed by atoms with Gasteiger partial charge in [0.15, 0.2) is 0 Å². The molecule has 0 unspecified atom stereocenters. The third-order valence-electron chi connectivity index (χ3n) is 3.50. The summed E-state index contributed by atoms with van der Waals surface area (Å²) in [5, 5.41) is 6.13. The zero-order chi connectivity index (χ0) is 15.2. The van der Waals surface area contributed by atoms with Gasteiger partial charge in [0.25, 0.3) is 5.91 Å². The Bertz CT molecular complexity index is 609. The summed E-state index contributed by atoms with van der Waals surface area (Å²) in [6.45, 7) is 2.06. The lowest BCUT2D eigenvalue weighted by Gasteiger charge is -2.07. The van der Waals surface area contributed by atoms with Gasteiger partial charge in [-0.1, -0.05) is 0 Å². The van der Waals surface area contributed by atoms with Crippen molar-refractivity contribution in [2.24, 2.45) is 0 Å². The van der Waals surface area contributed by atoms with Crippen molar-refractivity contribution in [2.45, 2.75) is 18.9 Å². The Morgan fingerprint density at radius 1 is 1.36 bits per heavy atom. The fourth-order valence-corrected chi connectivity index (χ4v) is 3.40. The molecule has 116 valence electrons. The molecule has 6 heteroatoms. The highest BCUT2D eigenvalue weighted by Crippen LogP contribution is 2.33. The van der Waals surface area contributed by atoms with Gasteiger partial charge >= 0.3 is 0 Å². The van der Waals surface area contributed by atoms with Gasteiger partial charge in [-0.2, -0.15) is 0 Å². The molecule has 0 saturated carbocycles. The van der Waals surface area contributed by atoms with Crippen LogP contribution in [-0.2, 0) is 4.74 Å². The Morgan fingerprint density at radius 2 is 2.32 bits per heavy atom. The highest BCUT2D eigenvalue weighted by Gasteiger charge is 2.20. The molecular weight excluding hydrogens is 298 g/mol. The number of thiophene rings is 1. The quantitative estimate of drug-likeness (QED) is 0.804. The van der Waals surface area contributed by atoms with E-state index in [0.717, 1.165) is 34.9 Å². The van der Waals surface area contributed by atoms with Crippen molar-refractivity contribution in [1.29, 1.82) is 0 Å². The van der Waals surface area contributed by atoms with Crippen LogP contribution in [0.3, 0.4) is 0 Å². The van der Waals surface area contributed by atoms with Crippen LogP contribution < -0.4 is 10.6 Å². The maximum absolute atomic E-state index is 12.1. The first-order valence-corrected chi connectivity index (χ1v) is 8.28. The Labute approximate surface area is 133 Å². The van der Waals surface area contributed by atoms with Gasteiger partial charge < -0.3 is 15.4 Å². The summed E-state index contributed by atoms with van der Waals surface area (Å²) in [7, 11) is 0. The fraction of sp³-hybridized carbons (Fsp3) is 0.375. The smallest absolute Gasteiger partial charge is 0.261 e. The zero-order valence-electron chi connectivity index (χ0n) is 12.2. The number of anilines is 1. The van der Waals surface area contributed by atoms with Crippen LogP contribution in [0.2, 0.25) is 0 Å². The molecule has 22 heavy (non-hydrogen) atoms. The lowest BCUT2D eigenvalue weighted by atomic mass is 10.2. The van der Waals surface area contributed by atoms with E-state index in [9.17, 15) is 4.79 Å². The summed E-state index contributed by atoms with van der Waals surface area (Å²) in [5.41, 5.74) is 0.952. The van der Waals surface area contributed by atoms with E-state index in [1.807, 2.05) is 24.3 Å². The summed E-state index contributed by atoms with van der Waals surface area (Å²) in [5.74, 6) is -0.0257. The molecule has 0 aromatic carbocycles. The second kappa shape index (κ2) is 7.38. The normalized spacial score (nSPS) is 17.4. The third kappa shape index (κ3) is 3.84. The Kier molecular flexibility index (Phi) is 5.03. The molecule has 5 nitrogen and oxygen atoms in total. The minimum Gasteiger partial charge on any atom is -0.382 e. The number of nitrogens with zero attached hydrogens (tertiary/aromatic N) is 1. The maximum Gasteiger partial charge on any atom is 0.261 e. The Morgan fingerprint density at radius 3 is 3.09 bits per heavy atom. The molecule has 1 atom stereocenters.